The lowest BCUT2D eigenvalue weighted by molar-refractivity contribution is 0.0827. The highest BCUT2D eigenvalue weighted by molar-refractivity contribution is 5.98. The first-order chi connectivity index (χ1) is 11.5. The first kappa shape index (κ1) is 16.6. The molecule has 1 aromatic carbocycles. The molecule has 1 aromatic heterocycles. The van der Waals surface area contributed by atoms with Gasteiger partial charge in [-0.2, -0.15) is 0 Å². The molecule has 2 N–H and O–H groups in total. The van der Waals surface area contributed by atoms with Crippen molar-refractivity contribution in [2.45, 2.75) is 13.0 Å². The van der Waals surface area contributed by atoms with Gasteiger partial charge in [0.25, 0.3) is 5.91 Å². The number of benzene rings is 1. The summed E-state index contributed by atoms with van der Waals surface area (Å²) in [5.41, 5.74) is 8.98. The summed E-state index contributed by atoms with van der Waals surface area (Å²) in [7, 11) is 3.45. The summed E-state index contributed by atoms with van der Waals surface area (Å²) in [6.07, 6.45) is 1.75. The van der Waals surface area contributed by atoms with Crippen molar-refractivity contribution in [3.63, 3.8) is 0 Å². The van der Waals surface area contributed by atoms with Crippen molar-refractivity contribution in [1.29, 1.82) is 0 Å². The van der Waals surface area contributed by atoms with Crippen molar-refractivity contribution in [2.24, 2.45) is 5.73 Å². The standard InChI is InChI=1S/C17H23N5O2/c1-11(18)13-8-12(17(23)21(2)3)9-14-16(13)20-15(10-19-14)22-4-6-24-7-5-22/h8-11H,4-7,18H2,1-3H3. The van der Waals surface area contributed by atoms with E-state index in [0.717, 1.165) is 30.0 Å². The number of anilines is 1. The third-order valence-electron chi connectivity index (χ3n) is 4.14. The number of nitrogens with two attached hydrogens (primary N) is 1. The summed E-state index contributed by atoms with van der Waals surface area (Å²) in [6, 6.07) is 3.36. The van der Waals surface area contributed by atoms with Crippen molar-refractivity contribution < 1.29 is 9.53 Å². The lowest BCUT2D eigenvalue weighted by atomic mass is 10.0. The molecule has 128 valence electrons. The second kappa shape index (κ2) is 6.70. The highest BCUT2D eigenvalue weighted by Crippen LogP contribution is 2.25. The predicted molar refractivity (Wildman–Crippen MR) is 93.2 cm³/mol. The van der Waals surface area contributed by atoms with Crippen LogP contribution in [0.4, 0.5) is 5.82 Å². The van der Waals surface area contributed by atoms with Crippen LogP contribution in [0.25, 0.3) is 11.0 Å². The molecule has 0 spiro atoms. The predicted octanol–water partition coefficient (Wildman–Crippen LogP) is 1.19. The molecule has 1 atom stereocenters. The van der Waals surface area contributed by atoms with Crippen LogP contribution in [0.5, 0.6) is 0 Å². The van der Waals surface area contributed by atoms with Crippen LogP contribution in [0.15, 0.2) is 18.3 Å². The van der Waals surface area contributed by atoms with Crippen LogP contribution in [-0.4, -0.2) is 61.2 Å². The van der Waals surface area contributed by atoms with Gasteiger partial charge in [0.2, 0.25) is 0 Å². The molecule has 0 aliphatic carbocycles. The number of carbonyl (C=O) groups excluding carboxylic acids is 1. The SMILES string of the molecule is CC(N)c1cc(C(=O)N(C)C)cc2ncc(N3CCOCC3)nc12. The smallest absolute Gasteiger partial charge is 0.253 e. The number of aromatic nitrogens is 2. The van der Waals surface area contributed by atoms with Crippen LogP contribution in [0.2, 0.25) is 0 Å². The Kier molecular flexibility index (Phi) is 4.64. The Morgan fingerprint density at radius 3 is 2.67 bits per heavy atom. The normalized spacial score (nSPS) is 16.2. The molecule has 1 fully saturated rings. The van der Waals surface area contributed by atoms with Gasteiger partial charge in [0.1, 0.15) is 5.82 Å². The second-order valence-corrected chi connectivity index (χ2v) is 6.25. The van der Waals surface area contributed by atoms with Gasteiger partial charge in [-0.1, -0.05) is 0 Å². The molecule has 1 amide bonds. The van der Waals surface area contributed by atoms with Gasteiger partial charge in [-0.25, -0.2) is 4.98 Å². The Balaban J connectivity index is 2.09. The lowest BCUT2D eigenvalue weighted by Crippen LogP contribution is -2.36. The molecule has 1 aliphatic rings. The first-order valence-electron chi connectivity index (χ1n) is 8.08. The molecule has 1 unspecified atom stereocenters. The number of nitrogens with zero attached hydrogens (tertiary/aromatic N) is 4. The zero-order valence-electron chi connectivity index (χ0n) is 14.3. The maximum absolute atomic E-state index is 12.3. The van der Waals surface area contributed by atoms with Crippen molar-refractivity contribution in [1.82, 2.24) is 14.9 Å². The van der Waals surface area contributed by atoms with E-state index in [1.807, 2.05) is 13.0 Å². The van der Waals surface area contributed by atoms with Crippen molar-refractivity contribution in [3.8, 4) is 0 Å². The summed E-state index contributed by atoms with van der Waals surface area (Å²) < 4.78 is 5.38. The monoisotopic (exact) mass is 329 g/mol. The van der Waals surface area contributed by atoms with Gasteiger partial charge in [-0.15, -0.1) is 0 Å². The molecule has 0 bridgehead atoms. The summed E-state index contributed by atoms with van der Waals surface area (Å²) >= 11 is 0. The highest BCUT2D eigenvalue weighted by atomic mass is 16.5. The molecule has 3 rings (SSSR count). The van der Waals surface area contributed by atoms with E-state index in [-0.39, 0.29) is 11.9 Å². The molecule has 0 radical (unpaired) electrons. The van der Waals surface area contributed by atoms with Gasteiger partial charge in [0.05, 0.1) is 30.4 Å². The molecule has 1 aliphatic heterocycles. The third-order valence-corrected chi connectivity index (χ3v) is 4.14. The zero-order valence-corrected chi connectivity index (χ0v) is 14.3. The van der Waals surface area contributed by atoms with E-state index >= 15 is 0 Å². The Labute approximate surface area is 141 Å². The van der Waals surface area contributed by atoms with Crippen LogP contribution >= 0.6 is 0 Å². The molecule has 7 nitrogen and oxygen atoms in total. The molecule has 24 heavy (non-hydrogen) atoms. The number of carbonyl (C=O) groups is 1. The lowest BCUT2D eigenvalue weighted by Gasteiger charge is -2.27. The van der Waals surface area contributed by atoms with Gasteiger partial charge in [0.15, 0.2) is 0 Å². The van der Waals surface area contributed by atoms with Crippen LogP contribution in [0.1, 0.15) is 28.9 Å². The highest BCUT2D eigenvalue weighted by Gasteiger charge is 2.18. The molecule has 1 saturated heterocycles. The number of fused-ring (bicyclic) bond motifs is 1. The van der Waals surface area contributed by atoms with E-state index in [1.165, 1.54) is 0 Å². The van der Waals surface area contributed by atoms with Crippen LogP contribution in [0, 0.1) is 0 Å². The second-order valence-electron chi connectivity index (χ2n) is 6.25. The van der Waals surface area contributed by atoms with E-state index in [4.69, 9.17) is 15.5 Å². The number of morpholine rings is 1. The van der Waals surface area contributed by atoms with Gasteiger partial charge in [0, 0.05) is 38.8 Å². The van der Waals surface area contributed by atoms with Crippen molar-refractivity contribution in [2.75, 3.05) is 45.3 Å². The number of rotatable bonds is 3. The molecular formula is C17H23N5O2. The largest absolute Gasteiger partial charge is 0.378 e. The van der Waals surface area contributed by atoms with E-state index < -0.39 is 0 Å². The Bertz CT molecular complexity index is 754. The Morgan fingerprint density at radius 1 is 1.33 bits per heavy atom. The maximum atomic E-state index is 12.3. The van der Waals surface area contributed by atoms with Gasteiger partial charge < -0.3 is 20.3 Å². The average molecular weight is 329 g/mol. The number of ether oxygens (including phenoxy) is 1. The zero-order chi connectivity index (χ0) is 17.3. The van der Waals surface area contributed by atoms with Crippen LogP contribution in [0.3, 0.4) is 0 Å². The van der Waals surface area contributed by atoms with Crippen LogP contribution < -0.4 is 10.6 Å². The summed E-state index contributed by atoms with van der Waals surface area (Å²) in [4.78, 5) is 25.3. The minimum atomic E-state index is -0.239. The summed E-state index contributed by atoms with van der Waals surface area (Å²) in [5, 5.41) is 0. The minimum Gasteiger partial charge on any atom is -0.378 e. The fraction of sp³-hybridized carbons (Fsp3) is 0.471. The number of amides is 1. The molecule has 2 aromatic rings. The summed E-state index contributed by atoms with van der Waals surface area (Å²) in [6.45, 7) is 4.86. The molecule has 2 heterocycles. The number of hydrogen-bond donors (Lipinski definition) is 1. The molecule has 0 saturated carbocycles. The average Bonchev–Trinajstić information content (AvgIpc) is 2.60. The van der Waals surface area contributed by atoms with E-state index in [2.05, 4.69) is 9.88 Å². The summed E-state index contributed by atoms with van der Waals surface area (Å²) in [5.74, 6) is 0.747. The quantitative estimate of drug-likeness (QED) is 0.910. The van der Waals surface area contributed by atoms with Crippen molar-refractivity contribution in [3.05, 3.63) is 29.5 Å². The van der Waals surface area contributed by atoms with Crippen LogP contribution in [-0.2, 0) is 4.74 Å². The van der Waals surface area contributed by atoms with Gasteiger partial charge in [-0.3, -0.25) is 9.78 Å². The molecule has 7 heteroatoms. The molecular weight excluding hydrogens is 306 g/mol. The van der Waals surface area contributed by atoms with E-state index in [0.29, 0.717) is 24.3 Å². The van der Waals surface area contributed by atoms with Gasteiger partial charge in [-0.05, 0) is 24.6 Å². The third kappa shape index (κ3) is 3.18. The first-order valence-corrected chi connectivity index (χ1v) is 8.08. The van der Waals surface area contributed by atoms with E-state index in [1.54, 1.807) is 31.3 Å². The minimum absolute atomic E-state index is 0.0714. The topological polar surface area (TPSA) is 84.6 Å². The van der Waals surface area contributed by atoms with Gasteiger partial charge >= 0.3 is 0 Å². The fourth-order valence-corrected chi connectivity index (χ4v) is 2.81. The van der Waals surface area contributed by atoms with Crippen molar-refractivity contribution >= 4 is 22.8 Å². The maximum Gasteiger partial charge on any atom is 0.253 e. The Hall–Kier alpha value is -2.25. The number of hydrogen-bond acceptors (Lipinski definition) is 6. The van der Waals surface area contributed by atoms with E-state index in [9.17, 15) is 4.79 Å². The fourth-order valence-electron chi connectivity index (χ4n) is 2.81. The Morgan fingerprint density at radius 2 is 2.04 bits per heavy atom.